The molecule has 0 N–H and O–H groups in total. The summed E-state index contributed by atoms with van der Waals surface area (Å²) < 4.78 is 13.1. The minimum Gasteiger partial charge on any atom is -0.494 e. The van der Waals surface area contributed by atoms with Crippen LogP contribution in [0.4, 0.5) is 0 Å². The highest BCUT2D eigenvalue weighted by molar-refractivity contribution is 7.15. The summed E-state index contributed by atoms with van der Waals surface area (Å²) in [6.07, 6.45) is 4.00. The third kappa shape index (κ3) is 4.36. The number of hydrogen-bond acceptors (Lipinski definition) is 6. The fraction of sp³-hybridized carbons (Fsp3) is 0.261. The van der Waals surface area contributed by atoms with Crippen molar-refractivity contribution in [3.8, 4) is 22.9 Å². The van der Waals surface area contributed by atoms with Gasteiger partial charge >= 0.3 is 0 Å². The Kier molecular flexibility index (Phi) is 6.09. The molecule has 0 spiro atoms. The molecule has 2 aromatic heterocycles. The number of fused-ring (bicyclic) bond motifs is 1. The van der Waals surface area contributed by atoms with Crippen LogP contribution in [0.1, 0.15) is 32.3 Å². The van der Waals surface area contributed by atoms with Crippen LogP contribution >= 0.6 is 11.3 Å². The molecule has 4 rings (SSSR count). The summed E-state index contributed by atoms with van der Waals surface area (Å²) in [5.74, 6) is 2.16. The van der Waals surface area contributed by atoms with Crippen molar-refractivity contribution in [1.29, 1.82) is 0 Å². The van der Waals surface area contributed by atoms with E-state index in [0.717, 1.165) is 42.1 Å². The van der Waals surface area contributed by atoms with Gasteiger partial charge < -0.3 is 9.47 Å². The van der Waals surface area contributed by atoms with Gasteiger partial charge in [-0.15, -0.1) is 5.10 Å². The summed E-state index contributed by atoms with van der Waals surface area (Å²) in [4.78, 5) is 17.9. The molecule has 0 aliphatic heterocycles. The maximum atomic E-state index is 12.8. The van der Waals surface area contributed by atoms with Crippen molar-refractivity contribution in [2.45, 2.75) is 26.7 Å². The normalized spacial score (nSPS) is 11.9. The first-order valence-electron chi connectivity index (χ1n) is 10.1. The van der Waals surface area contributed by atoms with Crippen LogP contribution < -0.4 is 19.6 Å². The average Bonchev–Trinajstić information content (AvgIpc) is 3.30. The molecule has 0 amide bonds. The first-order chi connectivity index (χ1) is 14.7. The van der Waals surface area contributed by atoms with Crippen molar-refractivity contribution in [3.05, 3.63) is 69.0 Å². The second-order valence-electron chi connectivity index (χ2n) is 6.77. The number of nitrogens with zero attached hydrogens (tertiary/aromatic N) is 3. The van der Waals surface area contributed by atoms with Crippen LogP contribution in [0.3, 0.4) is 0 Å². The topological polar surface area (TPSA) is 65.7 Å². The molecule has 154 valence electrons. The Balaban J connectivity index is 1.57. The van der Waals surface area contributed by atoms with Gasteiger partial charge in [0.25, 0.3) is 5.56 Å². The molecule has 30 heavy (non-hydrogen) atoms. The predicted molar refractivity (Wildman–Crippen MR) is 119 cm³/mol. The molecule has 0 aliphatic rings. The SMILES string of the molecule is CCCCOc1ccc(/C=c2\sc3nc(-c4ccc(OCC)cc4)nn3c2=O)cc1. The minimum atomic E-state index is -0.164. The highest BCUT2D eigenvalue weighted by atomic mass is 32.1. The quantitative estimate of drug-likeness (QED) is 0.403. The molecule has 0 saturated carbocycles. The fourth-order valence-electron chi connectivity index (χ4n) is 2.97. The van der Waals surface area contributed by atoms with Crippen LogP contribution in [0.2, 0.25) is 0 Å². The zero-order valence-corrected chi connectivity index (χ0v) is 17.8. The molecular weight excluding hydrogens is 398 g/mol. The summed E-state index contributed by atoms with van der Waals surface area (Å²) in [5, 5.41) is 4.40. The van der Waals surface area contributed by atoms with Gasteiger partial charge in [-0.25, -0.2) is 0 Å². The molecule has 7 heteroatoms. The lowest BCUT2D eigenvalue weighted by Gasteiger charge is -2.04. The second kappa shape index (κ2) is 9.09. The molecule has 0 radical (unpaired) electrons. The third-order valence-electron chi connectivity index (χ3n) is 4.55. The van der Waals surface area contributed by atoms with Gasteiger partial charge in [-0.1, -0.05) is 36.8 Å². The standard InChI is InChI=1S/C23H23N3O3S/c1-3-5-14-29-19-10-6-16(7-11-19)15-20-22(27)26-23(30-20)24-21(25-26)17-8-12-18(13-9-17)28-4-2/h6-13,15H,3-5,14H2,1-2H3/b20-15-. The highest BCUT2D eigenvalue weighted by Gasteiger charge is 2.12. The van der Waals surface area contributed by atoms with E-state index in [4.69, 9.17) is 9.47 Å². The first kappa shape index (κ1) is 20.1. The van der Waals surface area contributed by atoms with Gasteiger partial charge in [0.05, 0.1) is 17.7 Å². The minimum absolute atomic E-state index is 0.164. The first-order valence-corrected chi connectivity index (χ1v) is 10.9. The maximum Gasteiger partial charge on any atom is 0.291 e. The maximum absolute atomic E-state index is 12.8. The average molecular weight is 422 g/mol. The van der Waals surface area contributed by atoms with Gasteiger partial charge in [0.15, 0.2) is 5.82 Å². The van der Waals surface area contributed by atoms with E-state index in [1.54, 1.807) is 0 Å². The lowest BCUT2D eigenvalue weighted by Crippen LogP contribution is -2.23. The van der Waals surface area contributed by atoms with E-state index in [1.165, 1.54) is 15.9 Å². The Hall–Kier alpha value is -3.19. The summed E-state index contributed by atoms with van der Waals surface area (Å²) in [7, 11) is 0. The van der Waals surface area contributed by atoms with Crippen molar-refractivity contribution < 1.29 is 9.47 Å². The number of rotatable bonds is 8. The molecule has 0 bridgehead atoms. The van der Waals surface area contributed by atoms with Gasteiger partial charge in [-0.2, -0.15) is 9.50 Å². The van der Waals surface area contributed by atoms with E-state index in [2.05, 4.69) is 17.0 Å². The Bertz CT molecular complexity index is 1230. The summed E-state index contributed by atoms with van der Waals surface area (Å²) in [6, 6.07) is 15.3. The number of unbranched alkanes of at least 4 members (excludes halogenated alkanes) is 1. The molecule has 6 nitrogen and oxygen atoms in total. The van der Waals surface area contributed by atoms with E-state index in [9.17, 15) is 4.79 Å². The predicted octanol–water partition coefficient (Wildman–Crippen LogP) is 3.94. The summed E-state index contributed by atoms with van der Waals surface area (Å²) in [6.45, 7) is 5.41. The van der Waals surface area contributed by atoms with Crippen molar-refractivity contribution in [2.24, 2.45) is 0 Å². The van der Waals surface area contributed by atoms with E-state index < -0.39 is 0 Å². The Morgan fingerprint density at radius 3 is 2.37 bits per heavy atom. The van der Waals surface area contributed by atoms with Crippen molar-refractivity contribution in [1.82, 2.24) is 14.6 Å². The molecule has 2 aromatic carbocycles. The molecule has 0 fully saturated rings. The number of benzene rings is 2. The van der Waals surface area contributed by atoms with Crippen LogP contribution in [0.5, 0.6) is 11.5 Å². The summed E-state index contributed by atoms with van der Waals surface area (Å²) >= 11 is 1.33. The van der Waals surface area contributed by atoms with Crippen LogP contribution in [0.15, 0.2) is 53.3 Å². The Labute approximate surface area is 178 Å². The monoisotopic (exact) mass is 421 g/mol. The van der Waals surface area contributed by atoms with Gasteiger partial charge in [-0.3, -0.25) is 4.79 Å². The van der Waals surface area contributed by atoms with Crippen LogP contribution in [0.25, 0.3) is 22.4 Å². The largest absolute Gasteiger partial charge is 0.494 e. The molecule has 0 unspecified atom stereocenters. The molecule has 0 atom stereocenters. The number of hydrogen-bond donors (Lipinski definition) is 0. The van der Waals surface area contributed by atoms with Crippen LogP contribution in [-0.2, 0) is 0 Å². The van der Waals surface area contributed by atoms with Crippen LogP contribution in [0, 0.1) is 0 Å². The van der Waals surface area contributed by atoms with E-state index >= 15 is 0 Å². The smallest absolute Gasteiger partial charge is 0.291 e. The van der Waals surface area contributed by atoms with Crippen molar-refractivity contribution >= 4 is 22.4 Å². The summed E-state index contributed by atoms with van der Waals surface area (Å²) in [5.41, 5.74) is 1.62. The second-order valence-corrected chi connectivity index (χ2v) is 7.78. The lowest BCUT2D eigenvalue weighted by molar-refractivity contribution is 0.309. The number of aromatic nitrogens is 3. The van der Waals surface area contributed by atoms with Crippen molar-refractivity contribution in [2.75, 3.05) is 13.2 Å². The lowest BCUT2D eigenvalue weighted by atomic mass is 10.2. The van der Waals surface area contributed by atoms with Gasteiger partial charge in [0.2, 0.25) is 4.96 Å². The number of ether oxygens (including phenoxy) is 2. The molecule has 0 saturated heterocycles. The van der Waals surface area contributed by atoms with E-state index in [1.807, 2.05) is 61.5 Å². The Morgan fingerprint density at radius 1 is 1.00 bits per heavy atom. The van der Waals surface area contributed by atoms with Gasteiger partial charge in [-0.05, 0) is 61.4 Å². The highest BCUT2D eigenvalue weighted by Crippen LogP contribution is 2.20. The number of thiazole rings is 1. The zero-order valence-electron chi connectivity index (χ0n) is 17.0. The molecule has 2 heterocycles. The van der Waals surface area contributed by atoms with Gasteiger partial charge in [0.1, 0.15) is 11.5 Å². The van der Waals surface area contributed by atoms with E-state index in [0.29, 0.717) is 21.9 Å². The van der Waals surface area contributed by atoms with Gasteiger partial charge in [0, 0.05) is 5.56 Å². The third-order valence-corrected chi connectivity index (χ3v) is 5.51. The van der Waals surface area contributed by atoms with Crippen molar-refractivity contribution in [3.63, 3.8) is 0 Å². The Morgan fingerprint density at radius 2 is 1.70 bits per heavy atom. The molecule has 4 aromatic rings. The molecular formula is C23H23N3O3S. The van der Waals surface area contributed by atoms with E-state index in [-0.39, 0.29) is 5.56 Å². The zero-order chi connectivity index (χ0) is 20.9. The van der Waals surface area contributed by atoms with Crippen LogP contribution in [-0.4, -0.2) is 27.8 Å². The molecule has 0 aliphatic carbocycles. The fourth-order valence-corrected chi connectivity index (χ4v) is 3.88.